The van der Waals surface area contributed by atoms with Gasteiger partial charge in [0.15, 0.2) is 0 Å². The van der Waals surface area contributed by atoms with E-state index >= 15 is 0 Å². The molecule has 0 amide bonds. The molecular weight excluding hydrogens is 466 g/mol. The van der Waals surface area contributed by atoms with Crippen molar-refractivity contribution >= 4 is 27.1 Å². The Morgan fingerprint density at radius 1 is 1.12 bits per heavy atom. The number of fused-ring (bicyclic) bond motifs is 1. The lowest BCUT2D eigenvalue weighted by atomic mass is 9.97. The zero-order valence-electron chi connectivity index (χ0n) is 19.0. The molecule has 0 aliphatic carbocycles. The minimum absolute atomic E-state index is 0.00700. The first-order chi connectivity index (χ1) is 16.2. The molecule has 6 nitrogen and oxygen atoms in total. The van der Waals surface area contributed by atoms with E-state index in [0.29, 0.717) is 11.6 Å². The highest BCUT2D eigenvalue weighted by Gasteiger charge is 2.29. The van der Waals surface area contributed by atoms with Gasteiger partial charge in [0.1, 0.15) is 11.9 Å². The molecular formula is C26H27N3O3S2. The number of thiophene rings is 1. The number of nitrogens with two attached hydrogens (primary N) is 1. The smallest absolute Gasteiger partial charge is 0.238 e. The van der Waals surface area contributed by atoms with Crippen LogP contribution in [0.15, 0.2) is 59.5 Å². The van der Waals surface area contributed by atoms with Gasteiger partial charge >= 0.3 is 0 Å². The molecule has 3 aromatic rings. The number of sulfonamides is 1. The standard InChI is InChI=1S/C26H27N3O3S2/c1-18-13-25-24(17-29(18)12-11-19-5-3-2-4-6-19)23(16-27)26(33-25)15-21(30)14-20-7-9-22(10-8-20)34(28,31)32/h2-10,18H,11-15,17H2,1H3,(H2,28,31,32). The molecule has 176 valence electrons. The van der Waals surface area contributed by atoms with Crippen LogP contribution in [-0.4, -0.2) is 31.7 Å². The lowest BCUT2D eigenvalue weighted by Crippen LogP contribution is -2.39. The molecule has 0 bridgehead atoms. The largest absolute Gasteiger partial charge is 0.299 e. The summed E-state index contributed by atoms with van der Waals surface area (Å²) in [6.07, 6.45) is 2.22. The molecule has 1 aliphatic rings. The molecule has 0 saturated carbocycles. The number of carbonyl (C=O) groups is 1. The molecule has 1 aromatic heterocycles. The van der Waals surface area contributed by atoms with Crippen molar-refractivity contribution in [3.63, 3.8) is 0 Å². The second kappa shape index (κ2) is 10.2. The summed E-state index contributed by atoms with van der Waals surface area (Å²) in [4.78, 5) is 17.3. The number of nitriles is 1. The van der Waals surface area contributed by atoms with Gasteiger partial charge in [-0.3, -0.25) is 9.69 Å². The third-order valence-electron chi connectivity index (χ3n) is 6.28. The number of hydrogen-bond donors (Lipinski definition) is 1. The Labute approximate surface area is 204 Å². The molecule has 4 rings (SSSR count). The van der Waals surface area contributed by atoms with E-state index in [-0.39, 0.29) is 23.5 Å². The van der Waals surface area contributed by atoms with Crippen LogP contribution in [0.1, 0.15) is 38.9 Å². The maximum absolute atomic E-state index is 12.8. The van der Waals surface area contributed by atoms with E-state index in [4.69, 9.17) is 5.14 Å². The maximum atomic E-state index is 12.8. The lowest BCUT2D eigenvalue weighted by molar-refractivity contribution is -0.117. The van der Waals surface area contributed by atoms with Gasteiger partial charge in [0.05, 0.1) is 10.5 Å². The van der Waals surface area contributed by atoms with E-state index in [1.165, 1.54) is 22.6 Å². The third-order valence-corrected chi connectivity index (χ3v) is 8.47. The monoisotopic (exact) mass is 493 g/mol. The van der Waals surface area contributed by atoms with Crippen molar-refractivity contribution in [3.05, 3.63) is 86.6 Å². The van der Waals surface area contributed by atoms with Gasteiger partial charge in [-0.1, -0.05) is 42.5 Å². The van der Waals surface area contributed by atoms with Gasteiger partial charge in [-0.05, 0) is 48.6 Å². The summed E-state index contributed by atoms with van der Waals surface area (Å²) in [5.74, 6) is -0.00700. The van der Waals surface area contributed by atoms with E-state index in [1.807, 2.05) is 6.07 Å². The van der Waals surface area contributed by atoms with Gasteiger partial charge in [0.2, 0.25) is 10.0 Å². The molecule has 0 radical (unpaired) electrons. The molecule has 2 heterocycles. The van der Waals surface area contributed by atoms with Crippen LogP contribution >= 0.6 is 11.3 Å². The Morgan fingerprint density at radius 2 is 1.82 bits per heavy atom. The number of primary sulfonamides is 1. The minimum Gasteiger partial charge on any atom is -0.299 e. The molecule has 0 saturated heterocycles. The fourth-order valence-corrected chi connectivity index (χ4v) is 6.33. The van der Waals surface area contributed by atoms with Gasteiger partial charge in [-0.25, -0.2) is 13.6 Å². The van der Waals surface area contributed by atoms with E-state index in [2.05, 4.69) is 42.2 Å². The second-order valence-electron chi connectivity index (χ2n) is 8.75. The third kappa shape index (κ3) is 5.62. The second-order valence-corrected chi connectivity index (χ2v) is 11.5. The molecule has 1 atom stereocenters. The average molecular weight is 494 g/mol. The van der Waals surface area contributed by atoms with Crippen molar-refractivity contribution in [2.75, 3.05) is 6.54 Å². The number of ketones is 1. The quantitative estimate of drug-likeness (QED) is 0.516. The summed E-state index contributed by atoms with van der Waals surface area (Å²) in [5.41, 5.74) is 3.74. The number of carbonyl (C=O) groups excluding carboxylic acids is 1. The number of Topliss-reactive ketones (excluding diaryl/α,β-unsaturated/α-hetero) is 1. The predicted molar refractivity (Wildman–Crippen MR) is 133 cm³/mol. The Balaban J connectivity index is 1.44. The molecule has 0 spiro atoms. The molecule has 8 heteroatoms. The topological polar surface area (TPSA) is 104 Å². The zero-order chi connectivity index (χ0) is 24.3. The summed E-state index contributed by atoms with van der Waals surface area (Å²) in [6, 6.07) is 19.2. The molecule has 0 fully saturated rings. The van der Waals surface area contributed by atoms with E-state index < -0.39 is 10.0 Å². The summed E-state index contributed by atoms with van der Waals surface area (Å²) >= 11 is 1.59. The van der Waals surface area contributed by atoms with Crippen LogP contribution in [0.5, 0.6) is 0 Å². The Kier molecular flexibility index (Phi) is 7.29. The van der Waals surface area contributed by atoms with Crippen LogP contribution in [-0.2, 0) is 47.0 Å². The Morgan fingerprint density at radius 3 is 2.47 bits per heavy atom. The number of benzene rings is 2. The summed E-state index contributed by atoms with van der Waals surface area (Å²) in [6.45, 7) is 3.87. The van der Waals surface area contributed by atoms with Crippen LogP contribution < -0.4 is 5.14 Å². The molecule has 34 heavy (non-hydrogen) atoms. The van der Waals surface area contributed by atoms with Crippen molar-refractivity contribution in [3.8, 4) is 6.07 Å². The highest BCUT2D eigenvalue weighted by Crippen LogP contribution is 2.35. The van der Waals surface area contributed by atoms with Crippen molar-refractivity contribution in [1.82, 2.24) is 4.90 Å². The van der Waals surface area contributed by atoms with Crippen molar-refractivity contribution < 1.29 is 13.2 Å². The van der Waals surface area contributed by atoms with Crippen LogP contribution in [0.3, 0.4) is 0 Å². The van der Waals surface area contributed by atoms with Crippen LogP contribution in [0.25, 0.3) is 0 Å². The summed E-state index contributed by atoms with van der Waals surface area (Å²) in [7, 11) is -3.76. The minimum atomic E-state index is -3.76. The average Bonchev–Trinajstić information content (AvgIpc) is 3.13. The highest BCUT2D eigenvalue weighted by molar-refractivity contribution is 7.89. The molecule has 1 aliphatic heterocycles. The fraction of sp³-hybridized carbons (Fsp3) is 0.308. The van der Waals surface area contributed by atoms with Gasteiger partial charge in [-0.15, -0.1) is 11.3 Å². The van der Waals surface area contributed by atoms with E-state index in [9.17, 15) is 18.5 Å². The van der Waals surface area contributed by atoms with Crippen molar-refractivity contribution in [2.45, 2.75) is 50.1 Å². The SMILES string of the molecule is CC1Cc2sc(CC(=O)Cc3ccc(S(N)(=O)=O)cc3)c(C#N)c2CN1CCc1ccccc1. The first-order valence-corrected chi connectivity index (χ1v) is 13.6. The normalized spacial score (nSPS) is 16.1. The fourth-order valence-electron chi connectivity index (χ4n) is 4.39. The summed E-state index contributed by atoms with van der Waals surface area (Å²) < 4.78 is 22.8. The zero-order valence-corrected chi connectivity index (χ0v) is 20.7. The number of rotatable bonds is 8. The van der Waals surface area contributed by atoms with Gasteiger partial charge < -0.3 is 0 Å². The molecule has 2 N–H and O–H groups in total. The van der Waals surface area contributed by atoms with E-state index in [0.717, 1.165) is 41.9 Å². The number of nitrogens with zero attached hydrogens (tertiary/aromatic N) is 2. The Hall–Kier alpha value is -2.83. The van der Waals surface area contributed by atoms with Crippen molar-refractivity contribution in [1.29, 1.82) is 5.26 Å². The number of hydrogen-bond acceptors (Lipinski definition) is 6. The van der Waals surface area contributed by atoms with Crippen molar-refractivity contribution in [2.24, 2.45) is 5.14 Å². The lowest BCUT2D eigenvalue weighted by Gasteiger charge is -2.33. The molecule has 1 unspecified atom stereocenters. The predicted octanol–water partition coefficient (Wildman–Crippen LogP) is 3.61. The van der Waals surface area contributed by atoms with Crippen LogP contribution in [0.4, 0.5) is 0 Å². The van der Waals surface area contributed by atoms with Crippen LogP contribution in [0, 0.1) is 11.3 Å². The van der Waals surface area contributed by atoms with Gasteiger partial charge in [0, 0.05) is 41.7 Å². The first-order valence-electron chi connectivity index (χ1n) is 11.2. The highest BCUT2D eigenvalue weighted by atomic mass is 32.2. The maximum Gasteiger partial charge on any atom is 0.238 e. The Bertz CT molecular complexity index is 1320. The molecule has 2 aromatic carbocycles. The first kappa shape index (κ1) is 24.3. The van der Waals surface area contributed by atoms with Gasteiger partial charge in [0.25, 0.3) is 0 Å². The van der Waals surface area contributed by atoms with E-state index in [1.54, 1.807) is 23.5 Å². The van der Waals surface area contributed by atoms with Gasteiger partial charge in [-0.2, -0.15) is 5.26 Å². The summed E-state index contributed by atoms with van der Waals surface area (Å²) in [5, 5.41) is 15.0. The van der Waals surface area contributed by atoms with Crippen LogP contribution in [0.2, 0.25) is 0 Å².